The number of rotatable bonds is 8. The summed E-state index contributed by atoms with van der Waals surface area (Å²) in [6.07, 6.45) is -1.09. The van der Waals surface area contributed by atoms with E-state index in [0.29, 0.717) is 55.8 Å². The number of anilines is 1. The van der Waals surface area contributed by atoms with Crippen molar-refractivity contribution in [2.24, 2.45) is 0 Å². The maximum absolute atomic E-state index is 13.4. The van der Waals surface area contributed by atoms with Crippen molar-refractivity contribution in [3.63, 3.8) is 0 Å². The van der Waals surface area contributed by atoms with E-state index in [1.807, 2.05) is 66.0 Å². The standard InChI is InChI=1S/C32H25N3O6S/c1-18(29(36)35-32-34-24(17-42-32)20-14-15-26(38-2)27(16-20)39-3)40-31(37)22-11-7-9-19-8-6-10-21(28(19)22)30-33-23-12-4-5-13-25(23)41-30/h4-18H,1-3H3,(H,34,35,36). The number of benzene rings is 4. The zero-order valence-electron chi connectivity index (χ0n) is 22.9. The number of hydrogen-bond acceptors (Lipinski definition) is 9. The number of esters is 1. The Balaban J connectivity index is 1.21. The molecule has 0 fully saturated rings. The lowest BCUT2D eigenvalue weighted by Crippen LogP contribution is -2.30. The molecule has 2 heterocycles. The van der Waals surface area contributed by atoms with Crippen molar-refractivity contribution in [1.82, 2.24) is 9.97 Å². The molecule has 0 bridgehead atoms. The van der Waals surface area contributed by atoms with Gasteiger partial charge in [0.05, 0.1) is 25.5 Å². The molecule has 9 nitrogen and oxygen atoms in total. The highest BCUT2D eigenvalue weighted by molar-refractivity contribution is 7.14. The Labute approximate surface area is 244 Å². The third kappa shape index (κ3) is 5.15. The lowest BCUT2D eigenvalue weighted by Gasteiger charge is -2.14. The van der Waals surface area contributed by atoms with Gasteiger partial charge in [0.15, 0.2) is 28.3 Å². The summed E-state index contributed by atoms with van der Waals surface area (Å²) in [5, 5.41) is 6.37. The second-order valence-electron chi connectivity index (χ2n) is 9.34. The molecule has 0 saturated heterocycles. The molecule has 1 amide bonds. The molecule has 10 heteroatoms. The molecule has 6 aromatic rings. The smallest absolute Gasteiger partial charge is 0.339 e. The Morgan fingerprint density at radius 2 is 1.69 bits per heavy atom. The third-order valence-electron chi connectivity index (χ3n) is 6.72. The van der Waals surface area contributed by atoms with Crippen LogP contribution in [0, 0.1) is 0 Å². The summed E-state index contributed by atoms with van der Waals surface area (Å²) >= 11 is 1.26. The molecule has 0 aliphatic carbocycles. The highest BCUT2D eigenvalue weighted by atomic mass is 32.1. The van der Waals surface area contributed by atoms with Gasteiger partial charge in [-0.1, -0.05) is 36.4 Å². The van der Waals surface area contributed by atoms with E-state index in [9.17, 15) is 9.59 Å². The monoisotopic (exact) mass is 579 g/mol. The van der Waals surface area contributed by atoms with Crippen molar-refractivity contribution in [1.29, 1.82) is 0 Å². The predicted octanol–water partition coefficient (Wildman–Crippen LogP) is 6.97. The second kappa shape index (κ2) is 11.3. The minimum Gasteiger partial charge on any atom is -0.493 e. The molecule has 4 aromatic carbocycles. The Kier molecular flexibility index (Phi) is 7.28. The summed E-state index contributed by atoms with van der Waals surface area (Å²) in [7, 11) is 3.13. The lowest BCUT2D eigenvalue weighted by atomic mass is 9.99. The fourth-order valence-electron chi connectivity index (χ4n) is 4.62. The molecule has 0 radical (unpaired) electrons. The number of thiazole rings is 1. The van der Waals surface area contributed by atoms with Gasteiger partial charge in [-0.25, -0.2) is 14.8 Å². The van der Waals surface area contributed by atoms with Gasteiger partial charge in [0, 0.05) is 21.9 Å². The molecule has 1 atom stereocenters. The van der Waals surface area contributed by atoms with Gasteiger partial charge in [0.25, 0.3) is 5.91 Å². The Hall–Kier alpha value is -5.22. The number of oxazole rings is 1. The highest BCUT2D eigenvalue weighted by Crippen LogP contribution is 2.35. The Morgan fingerprint density at radius 1 is 0.905 bits per heavy atom. The predicted molar refractivity (Wildman–Crippen MR) is 161 cm³/mol. The van der Waals surface area contributed by atoms with Crippen LogP contribution in [0.5, 0.6) is 11.5 Å². The van der Waals surface area contributed by atoms with Gasteiger partial charge in [-0.3, -0.25) is 10.1 Å². The van der Waals surface area contributed by atoms with Crippen LogP contribution in [-0.2, 0) is 9.53 Å². The van der Waals surface area contributed by atoms with Gasteiger partial charge in [0.1, 0.15) is 5.52 Å². The van der Waals surface area contributed by atoms with Crippen molar-refractivity contribution >= 4 is 50.2 Å². The number of amides is 1. The quantitative estimate of drug-likeness (QED) is 0.192. The van der Waals surface area contributed by atoms with Crippen LogP contribution in [-0.4, -0.2) is 42.2 Å². The van der Waals surface area contributed by atoms with Crippen molar-refractivity contribution in [3.8, 4) is 34.2 Å². The number of carbonyl (C=O) groups excluding carboxylic acids is 2. The molecule has 0 aliphatic rings. The topological polar surface area (TPSA) is 113 Å². The van der Waals surface area contributed by atoms with E-state index in [2.05, 4.69) is 15.3 Å². The minimum absolute atomic E-state index is 0.301. The zero-order chi connectivity index (χ0) is 29.2. The van der Waals surface area contributed by atoms with E-state index in [1.165, 1.54) is 18.3 Å². The number of nitrogens with one attached hydrogen (secondary N) is 1. The summed E-state index contributed by atoms with van der Waals surface area (Å²) in [6.45, 7) is 1.52. The molecule has 1 N–H and O–H groups in total. The molecule has 0 saturated carbocycles. The normalized spacial score (nSPS) is 11.8. The van der Waals surface area contributed by atoms with Crippen molar-refractivity contribution < 1.29 is 28.2 Å². The summed E-state index contributed by atoms with van der Waals surface area (Å²) in [5.74, 6) is 0.421. The molecular weight excluding hydrogens is 554 g/mol. The molecule has 2 aromatic heterocycles. The average Bonchev–Trinajstić information content (AvgIpc) is 3.67. The second-order valence-corrected chi connectivity index (χ2v) is 10.2. The van der Waals surface area contributed by atoms with Crippen LogP contribution in [0.1, 0.15) is 17.3 Å². The number of fused-ring (bicyclic) bond motifs is 2. The van der Waals surface area contributed by atoms with E-state index < -0.39 is 18.0 Å². The van der Waals surface area contributed by atoms with Crippen LogP contribution in [0.4, 0.5) is 5.13 Å². The van der Waals surface area contributed by atoms with Crippen LogP contribution in [0.3, 0.4) is 0 Å². The van der Waals surface area contributed by atoms with Crippen LogP contribution >= 0.6 is 11.3 Å². The Morgan fingerprint density at radius 3 is 2.48 bits per heavy atom. The zero-order valence-corrected chi connectivity index (χ0v) is 23.7. The van der Waals surface area contributed by atoms with Gasteiger partial charge < -0.3 is 18.6 Å². The van der Waals surface area contributed by atoms with Crippen LogP contribution in [0.25, 0.3) is 44.6 Å². The molecular formula is C32H25N3O6S. The number of aromatic nitrogens is 2. The van der Waals surface area contributed by atoms with E-state index in [0.717, 1.165) is 10.9 Å². The van der Waals surface area contributed by atoms with E-state index >= 15 is 0 Å². The average molecular weight is 580 g/mol. The first-order valence-corrected chi connectivity index (χ1v) is 13.9. The van der Waals surface area contributed by atoms with Crippen LogP contribution in [0.15, 0.2) is 88.7 Å². The first-order chi connectivity index (χ1) is 20.4. The lowest BCUT2D eigenvalue weighted by molar-refractivity contribution is -0.123. The number of methoxy groups -OCH3 is 2. The largest absolute Gasteiger partial charge is 0.493 e. The van der Waals surface area contributed by atoms with Crippen molar-refractivity contribution in [3.05, 3.63) is 89.8 Å². The SMILES string of the molecule is COc1ccc(-c2csc(NC(=O)C(C)OC(=O)c3cccc4cccc(-c5nc6ccccc6o5)c34)n2)cc1OC. The first kappa shape index (κ1) is 27.0. The Bertz CT molecular complexity index is 1910. The minimum atomic E-state index is -1.09. The maximum atomic E-state index is 13.4. The van der Waals surface area contributed by atoms with Crippen molar-refractivity contribution in [2.75, 3.05) is 19.5 Å². The molecule has 0 spiro atoms. The number of carbonyl (C=O) groups is 2. The molecule has 0 aliphatic heterocycles. The fraction of sp³-hybridized carbons (Fsp3) is 0.125. The molecule has 6 rings (SSSR count). The van der Waals surface area contributed by atoms with Gasteiger partial charge in [-0.05, 0) is 54.8 Å². The van der Waals surface area contributed by atoms with E-state index in [1.54, 1.807) is 32.4 Å². The third-order valence-corrected chi connectivity index (χ3v) is 7.47. The van der Waals surface area contributed by atoms with Gasteiger partial charge in [-0.2, -0.15) is 0 Å². The number of hydrogen-bond donors (Lipinski definition) is 1. The van der Waals surface area contributed by atoms with E-state index in [4.69, 9.17) is 18.6 Å². The molecule has 42 heavy (non-hydrogen) atoms. The van der Waals surface area contributed by atoms with Gasteiger partial charge in [-0.15, -0.1) is 11.3 Å². The highest BCUT2D eigenvalue weighted by Gasteiger charge is 2.23. The van der Waals surface area contributed by atoms with E-state index in [-0.39, 0.29) is 0 Å². The fourth-order valence-corrected chi connectivity index (χ4v) is 5.34. The molecule has 210 valence electrons. The maximum Gasteiger partial charge on any atom is 0.339 e. The number of para-hydroxylation sites is 2. The number of nitrogens with zero attached hydrogens (tertiary/aromatic N) is 2. The van der Waals surface area contributed by atoms with Crippen molar-refractivity contribution in [2.45, 2.75) is 13.0 Å². The molecule has 1 unspecified atom stereocenters. The first-order valence-electron chi connectivity index (χ1n) is 13.0. The van der Waals surface area contributed by atoms with Gasteiger partial charge >= 0.3 is 5.97 Å². The summed E-state index contributed by atoms with van der Waals surface area (Å²) < 4.78 is 22.3. The number of ether oxygens (including phenoxy) is 3. The summed E-state index contributed by atoms with van der Waals surface area (Å²) in [4.78, 5) is 35.5. The van der Waals surface area contributed by atoms with Crippen LogP contribution < -0.4 is 14.8 Å². The van der Waals surface area contributed by atoms with Gasteiger partial charge in [0.2, 0.25) is 5.89 Å². The summed E-state index contributed by atoms with van der Waals surface area (Å²) in [5.41, 5.74) is 3.77. The van der Waals surface area contributed by atoms with Crippen LogP contribution in [0.2, 0.25) is 0 Å². The summed E-state index contributed by atoms with van der Waals surface area (Å²) in [6, 6.07) is 23.9.